The number of methoxy groups -OCH3 is 1. The molecule has 1 fully saturated rings. The van der Waals surface area contributed by atoms with Crippen molar-refractivity contribution in [2.45, 2.75) is 30.2 Å². The zero-order valence-corrected chi connectivity index (χ0v) is 15.1. The van der Waals surface area contributed by atoms with E-state index in [1.807, 2.05) is 0 Å². The molecule has 0 radical (unpaired) electrons. The number of esters is 1. The average Bonchev–Trinajstić information content (AvgIpc) is 2.54. The molecule has 0 aromatic heterocycles. The monoisotopic (exact) mass is 382 g/mol. The lowest BCUT2D eigenvalue weighted by Crippen LogP contribution is -2.47. The normalized spacial score (nSPS) is 19.0. The minimum absolute atomic E-state index is 0. The SMILES string of the molecule is COC(=O)c1ccc(Cl)cc1S(=O)(=O)N1CCCCC1CN.Cl. The molecule has 1 aliphatic rings. The Kier molecular flexibility index (Phi) is 7.29. The summed E-state index contributed by atoms with van der Waals surface area (Å²) >= 11 is 5.92. The number of hydrogen-bond donors (Lipinski definition) is 1. The van der Waals surface area contributed by atoms with Crippen LogP contribution < -0.4 is 5.73 Å². The molecular formula is C14H20Cl2N2O4S. The summed E-state index contributed by atoms with van der Waals surface area (Å²) in [5, 5.41) is 0.243. The predicted octanol–water partition coefficient (Wildman–Crippen LogP) is 2.05. The number of ether oxygens (including phenoxy) is 1. The predicted molar refractivity (Wildman–Crippen MR) is 90.6 cm³/mol. The van der Waals surface area contributed by atoms with Crippen LogP contribution in [0.25, 0.3) is 0 Å². The molecule has 0 bridgehead atoms. The van der Waals surface area contributed by atoms with Crippen molar-refractivity contribution in [1.29, 1.82) is 0 Å². The van der Waals surface area contributed by atoms with Crippen LogP contribution in [-0.4, -0.2) is 44.9 Å². The van der Waals surface area contributed by atoms with Gasteiger partial charge in [-0.05, 0) is 31.0 Å². The van der Waals surface area contributed by atoms with Crippen molar-refractivity contribution in [3.8, 4) is 0 Å². The molecule has 1 atom stereocenters. The summed E-state index contributed by atoms with van der Waals surface area (Å²) in [7, 11) is -2.66. The van der Waals surface area contributed by atoms with Gasteiger partial charge in [0, 0.05) is 24.2 Å². The molecule has 1 heterocycles. The average molecular weight is 383 g/mol. The smallest absolute Gasteiger partial charge is 0.339 e. The molecule has 0 amide bonds. The van der Waals surface area contributed by atoms with Crippen molar-refractivity contribution >= 4 is 40.0 Å². The summed E-state index contributed by atoms with van der Waals surface area (Å²) in [5.74, 6) is -0.712. The minimum atomic E-state index is -3.86. The number of nitrogens with two attached hydrogens (primary N) is 1. The Morgan fingerprint density at radius 3 is 2.74 bits per heavy atom. The van der Waals surface area contributed by atoms with Crippen molar-refractivity contribution in [3.05, 3.63) is 28.8 Å². The van der Waals surface area contributed by atoms with E-state index in [-0.39, 0.29) is 40.5 Å². The highest BCUT2D eigenvalue weighted by atomic mass is 35.5. The van der Waals surface area contributed by atoms with Crippen molar-refractivity contribution < 1.29 is 17.9 Å². The maximum Gasteiger partial charge on any atom is 0.339 e. The first-order chi connectivity index (χ1) is 10.4. The van der Waals surface area contributed by atoms with E-state index in [4.69, 9.17) is 17.3 Å². The van der Waals surface area contributed by atoms with Crippen LogP contribution in [0.2, 0.25) is 5.02 Å². The Morgan fingerprint density at radius 1 is 1.43 bits per heavy atom. The van der Waals surface area contributed by atoms with Gasteiger partial charge in [0.25, 0.3) is 0 Å². The van der Waals surface area contributed by atoms with E-state index in [0.29, 0.717) is 13.0 Å². The second kappa shape index (κ2) is 8.30. The molecule has 1 aromatic carbocycles. The lowest BCUT2D eigenvalue weighted by Gasteiger charge is -2.34. The summed E-state index contributed by atoms with van der Waals surface area (Å²) in [5.41, 5.74) is 5.68. The summed E-state index contributed by atoms with van der Waals surface area (Å²) in [4.78, 5) is 11.7. The zero-order valence-electron chi connectivity index (χ0n) is 12.7. The van der Waals surface area contributed by atoms with Crippen LogP contribution in [0.4, 0.5) is 0 Å². The van der Waals surface area contributed by atoms with Crippen LogP contribution in [0.5, 0.6) is 0 Å². The van der Waals surface area contributed by atoms with Crippen LogP contribution in [0, 0.1) is 0 Å². The molecule has 1 saturated heterocycles. The van der Waals surface area contributed by atoms with Crippen molar-refractivity contribution in [2.75, 3.05) is 20.2 Å². The van der Waals surface area contributed by atoms with E-state index in [2.05, 4.69) is 4.74 Å². The number of sulfonamides is 1. The number of piperidine rings is 1. The molecular weight excluding hydrogens is 363 g/mol. The van der Waals surface area contributed by atoms with Crippen LogP contribution in [0.3, 0.4) is 0 Å². The standard InChI is InChI=1S/C14H19ClN2O4S.ClH/c1-21-14(18)12-6-5-10(15)8-13(12)22(19,20)17-7-3-2-4-11(17)9-16;/h5-6,8,11H,2-4,7,9,16H2,1H3;1H. The second-order valence-corrected chi connectivity index (χ2v) is 7.43. The van der Waals surface area contributed by atoms with Gasteiger partial charge in [0.2, 0.25) is 10.0 Å². The Bertz CT molecular complexity index is 667. The third-order valence-corrected chi connectivity index (χ3v) is 6.01. The van der Waals surface area contributed by atoms with Crippen LogP contribution >= 0.6 is 24.0 Å². The Balaban J connectivity index is 0.00000264. The summed E-state index contributed by atoms with van der Waals surface area (Å²) < 4.78 is 31.9. The first-order valence-electron chi connectivity index (χ1n) is 7.01. The van der Waals surface area contributed by atoms with E-state index in [1.165, 1.54) is 29.6 Å². The minimum Gasteiger partial charge on any atom is -0.465 e. The van der Waals surface area contributed by atoms with Gasteiger partial charge in [-0.2, -0.15) is 4.31 Å². The first kappa shape index (κ1) is 20.2. The fourth-order valence-corrected chi connectivity index (χ4v) is 4.79. The number of carbonyl (C=O) groups is 1. The first-order valence-corrected chi connectivity index (χ1v) is 8.83. The third kappa shape index (κ3) is 4.16. The number of hydrogen-bond acceptors (Lipinski definition) is 5. The Morgan fingerprint density at radius 2 is 2.13 bits per heavy atom. The number of halogens is 2. The molecule has 0 saturated carbocycles. The Labute approximate surface area is 147 Å². The van der Waals surface area contributed by atoms with E-state index in [1.54, 1.807) is 0 Å². The van der Waals surface area contributed by atoms with Crippen molar-refractivity contribution in [1.82, 2.24) is 4.31 Å². The molecule has 1 unspecified atom stereocenters. The third-order valence-electron chi connectivity index (χ3n) is 3.78. The summed E-state index contributed by atoms with van der Waals surface area (Å²) in [6.45, 7) is 0.630. The highest BCUT2D eigenvalue weighted by Crippen LogP contribution is 2.29. The van der Waals surface area contributed by atoms with E-state index in [9.17, 15) is 13.2 Å². The van der Waals surface area contributed by atoms with E-state index in [0.717, 1.165) is 12.8 Å². The Hall–Kier alpha value is -0.860. The van der Waals surface area contributed by atoms with E-state index >= 15 is 0 Å². The highest BCUT2D eigenvalue weighted by Gasteiger charge is 2.35. The fraction of sp³-hybridized carbons (Fsp3) is 0.500. The van der Waals surface area contributed by atoms with Gasteiger partial charge in [-0.3, -0.25) is 0 Å². The zero-order chi connectivity index (χ0) is 16.3. The van der Waals surface area contributed by atoms with Gasteiger partial charge < -0.3 is 10.5 Å². The van der Waals surface area contributed by atoms with Crippen molar-refractivity contribution in [3.63, 3.8) is 0 Å². The van der Waals surface area contributed by atoms with Crippen LogP contribution in [-0.2, 0) is 14.8 Å². The molecule has 1 aliphatic heterocycles. The topological polar surface area (TPSA) is 89.7 Å². The van der Waals surface area contributed by atoms with E-state index < -0.39 is 16.0 Å². The second-order valence-electron chi connectivity index (χ2n) is 5.13. The molecule has 2 N–H and O–H groups in total. The maximum atomic E-state index is 13.0. The fourth-order valence-electron chi connectivity index (χ4n) is 2.64. The number of rotatable bonds is 4. The molecule has 6 nitrogen and oxygen atoms in total. The van der Waals surface area contributed by atoms with Gasteiger partial charge in [-0.15, -0.1) is 12.4 Å². The molecule has 0 aliphatic carbocycles. The van der Waals surface area contributed by atoms with Gasteiger partial charge >= 0.3 is 5.97 Å². The van der Waals surface area contributed by atoms with Crippen LogP contribution in [0.15, 0.2) is 23.1 Å². The summed E-state index contributed by atoms with van der Waals surface area (Å²) in [6, 6.07) is 3.85. The molecule has 1 aromatic rings. The molecule has 23 heavy (non-hydrogen) atoms. The molecule has 130 valence electrons. The maximum absolute atomic E-state index is 13.0. The lowest BCUT2D eigenvalue weighted by atomic mass is 10.1. The largest absolute Gasteiger partial charge is 0.465 e. The molecule has 2 rings (SSSR count). The number of benzene rings is 1. The van der Waals surface area contributed by atoms with Gasteiger partial charge in [-0.1, -0.05) is 18.0 Å². The van der Waals surface area contributed by atoms with Crippen LogP contribution in [0.1, 0.15) is 29.6 Å². The highest BCUT2D eigenvalue weighted by molar-refractivity contribution is 7.89. The lowest BCUT2D eigenvalue weighted by molar-refractivity contribution is 0.0596. The number of nitrogens with zero attached hydrogens (tertiary/aromatic N) is 1. The number of carbonyl (C=O) groups excluding carboxylic acids is 1. The summed E-state index contributed by atoms with van der Waals surface area (Å²) in [6.07, 6.45) is 2.42. The molecule has 9 heteroatoms. The van der Waals surface area contributed by atoms with Gasteiger partial charge in [0.15, 0.2) is 0 Å². The molecule has 0 spiro atoms. The van der Waals surface area contributed by atoms with Gasteiger partial charge in [0.1, 0.15) is 0 Å². The van der Waals surface area contributed by atoms with Gasteiger partial charge in [0.05, 0.1) is 17.6 Å². The quantitative estimate of drug-likeness (QED) is 0.804. The van der Waals surface area contributed by atoms with Gasteiger partial charge in [-0.25, -0.2) is 13.2 Å². The van der Waals surface area contributed by atoms with Crippen molar-refractivity contribution in [2.24, 2.45) is 5.73 Å².